The molecular formula is C62H38S. The average molecular weight is 815 g/mol. The van der Waals surface area contributed by atoms with E-state index in [1.165, 1.54) is 130 Å². The fraction of sp³-hybridized carbons (Fsp3) is 0. The van der Waals surface area contributed by atoms with Crippen molar-refractivity contribution in [3.63, 3.8) is 0 Å². The van der Waals surface area contributed by atoms with E-state index in [2.05, 4.69) is 231 Å². The Labute approximate surface area is 369 Å². The third-order valence-electron chi connectivity index (χ3n) is 13.2. The Kier molecular flexibility index (Phi) is 8.19. The van der Waals surface area contributed by atoms with E-state index in [0.29, 0.717) is 0 Å². The molecule has 1 heteroatoms. The van der Waals surface area contributed by atoms with Gasteiger partial charge in [0.2, 0.25) is 0 Å². The highest BCUT2D eigenvalue weighted by Gasteiger charge is 2.22. The van der Waals surface area contributed by atoms with Gasteiger partial charge in [0.25, 0.3) is 0 Å². The van der Waals surface area contributed by atoms with Crippen molar-refractivity contribution in [3.8, 4) is 54.9 Å². The Hall–Kier alpha value is -7.84. The molecule has 0 aliphatic rings. The summed E-state index contributed by atoms with van der Waals surface area (Å²) in [5, 5.41) is 16.7. The summed E-state index contributed by atoms with van der Waals surface area (Å²) in [7, 11) is 0. The highest BCUT2D eigenvalue weighted by Crippen LogP contribution is 2.50. The van der Waals surface area contributed by atoms with Crippen molar-refractivity contribution >= 4 is 86.1 Å². The molecule has 13 aromatic rings. The molecule has 292 valence electrons. The van der Waals surface area contributed by atoms with Gasteiger partial charge in [0.15, 0.2) is 0 Å². The molecule has 0 saturated heterocycles. The van der Waals surface area contributed by atoms with Gasteiger partial charge in [0.05, 0.1) is 0 Å². The predicted molar refractivity (Wildman–Crippen MR) is 274 cm³/mol. The van der Waals surface area contributed by atoms with Crippen LogP contribution in [0, 0.1) is 0 Å². The number of fused-ring (bicyclic) bond motifs is 11. The van der Waals surface area contributed by atoms with E-state index in [1.54, 1.807) is 0 Å². The van der Waals surface area contributed by atoms with E-state index < -0.39 is 0 Å². The van der Waals surface area contributed by atoms with Crippen molar-refractivity contribution in [2.75, 3.05) is 0 Å². The Bertz CT molecular complexity index is 3880. The summed E-state index contributed by atoms with van der Waals surface area (Å²) < 4.78 is 1.31. The van der Waals surface area contributed by atoms with E-state index in [-0.39, 0.29) is 0 Å². The number of hydrogen-bond donors (Lipinski definition) is 0. The van der Waals surface area contributed by atoms with Crippen LogP contribution < -0.4 is 0 Å². The van der Waals surface area contributed by atoms with Gasteiger partial charge in [-0.05, 0) is 115 Å². The largest absolute Gasteiger partial charge is 0.134 e. The molecule has 0 fully saturated rings. The summed E-state index contributed by atoms with van der Waals surface area (Å²) in [5.41, 5.74) is 11.3. The maximum Gasteiger partial charge on any atom is 0.0434 e. The molecule has 13 rings (SSSR count). The van der Waals surface area contributed by atoms with Gasteiger partial charge in [0.1, 0.15) is 0 Å². The summed E-state index contributed by atoms with van der Waals surface area (Å²) >= 11 is 1.90. The van der Waals surface area contributed by atoms with Crippen LogP contribution in [0.4, 0.5) is 0 Å². The van der Waals surface area contributed by atoms with Crippen molar-refractivity contribution in [1.29, 1.82) is 0 Å². The smallest absolute Gasteiger partial charge is 0.0434 e. The van der Waals surface area contributed by atoms with Gasteiger partial charge in [-0.15, -0.1) is 11.3 Å². The quantitative estimate of drug-likeness (QED) is 0.120. The first kappa shape index (κ1) is 35.9. The highest BCUT2D eigenvalue weighted by atomic mass is 32.1. The van der Waals surface area contributed by atoms with Crippen molar-refractivity contribution < 1.29 is 0 Å². The van der Waals surface area contributed by atoms with Crippen LogP contribution in [0.15, 0.2) is 231 Å². The fourth-order valence-corrected chi connectivity index (χ4v) is 11.9. The lowest BCUT2D eigenvalue weighted by Gasteiger charge is -2.21. The molecule has 1 aromatic heterocycles. The first-order valence-electron chi connectivity index (χ1n) is 21.8. The number of rotatable bonds is 5. The van der Waals surface area contributed by atoms with Gasteiger partial charge in [0, 0.05) is 20.5 Å². The molecule has 0 nitrogen and oxygen atoms in total. The van der Waals surface area contributed by atoms with Gasteiger partial charge < -0.3 is 0 Å². The summed E-state index contributed by atoms with van der Waals surface area (Å²) in [4.78, 5) is 1.31. The molecule has 0 atom stereocenters. The van der Waals surface area contributed by atoms with Crippen LogP contribution in [0.25, 0.3) is 130 Å². The Morgan fingerprint density at radius 2 is 0.635 bits per heavy atom. The Morgan fingerprint density at radius 3 is 1.24 bits per heavy atom. The maximum absolute atomic E-state index is 2.49. The lowest BCUT2D eigenvalue weighted by atomic mass is 9.82. The predicted octanol–water partition coefficient (Wildman–Crippen LogP) is 18.2. The van der Waals surface area contributed by atoms with Crippen LogP contribution in [0.5, 0.6) is 0 Å². The average Bonchev–Trinajstić information content (AvgIpc) is 3.76. The molecule has 12 aromatic carbocycles. The van der Waals surface area contributed by atoms with E-state index >= 15 is 0 Å². The van der Waals surface area contributed by atoms with E-state index in [1.807, 2.05) is 11.3 Å². The second-order valence-electron chi connectivity index (χ2n) is 16.6. The number of thiophene rings is 1. The molecule has 0 unspecified atom stereocenters. The fourth-order valence-electron chi connectivity index (χ4n) is 10.6. The van der Waals surface area contributed by atoms with Crippen LogP contribution in [-0.4, -0.2) is 0 Å². The minimum atomic E-state index is 1.21. The van der Waals surface area contributed by atoms with E-state index in [9.17, 15) is 0 Å². The molecule has 0 N–H and O–H groups in total. The third kappa shape index (κ3) is 5.54. The molecule has 0 aliphatic heterocycles. The normalized spacial score (nSPS) is 11.8. The summed E-state index contributed by atoms with van der Waals surface area (Å²) in [6.07, 6.45) is 0. The first-order chi connectivity index (χ1) is 31.3. The standard InChI is InChI=1S/C62H38S/c1-3-18-40(19-4-1)58-54-33-17-32-43(62(54)63-61(58)42-20-5-2-6-21-42)39-34-36-41(37-35-39)57-50-28-13-15-30-52(50)60(53-31-16-14-29-51(53)57)56-38-55-46-24-8-7-22-44(46)45-23-9-11-26-48(45)59(55)49-27-12-10-25-47(49)56/h1-38H. The summed E-state index contributed by atoms with van der Waals surface area (Å²) in [6, 6.07) is 85.3. The van der Waals surface area contributed by atoms with Crippen LogP contribution in [0.2, 0.25) is 0 Å². The Morgan fingerprint density at radius 1 is 0.222 bits per heavy atom. The Balaban J connectivity index is 1.03. The van der Waals surface area contributed by atoms with Gasteiger partial charge in [-0.1, -0.05) is 224 Å². The van der Waals surface area contributed by atoms with Gasteiger partial charge in [-0.2, -0.15) is 0 Å². The number of hydrogen-bond acceptors (Lipinski definition) is 1. The molecule has 0 saturated carbocycles. The third-order valence-corrected chi connectivity index (χ3v) is 14.5. The second kappa shape index (κ2) is 14.4. The second-order valence-corrected chi connectivity index (χ2v) is 17.6. The molecule has 0 aliphatic carbocycles. The monoisotopic (exact) mass is 814 g/mol. The molecular weight excluding hydrogens is 777 g/mol. The van der Waals surface area contributed by atoms with Gasteiger partial charge in [-0.25, -0.2) is 0 Å². The van der Waals surface area contributed by atoms with Gasteiger partial charge >= 0.3 is 0 Å². The molecule has 63 heavy (non-hydrogen) atoms. The highest BCUT2D eigenvalue weighted by molar-refractivity contribution is 7.23. The maximum atomic E-state index is 2.49. The van der Waals surface area contributed by atoms with Crippen molar-refractivity contribution in [2.24, 2.45) is 0 Å². The van der Waals surface area contributed by atoms with Crippen LogP contribution in [0.1, 0.15) is 0 Å². The zero-order valence-electron chi connectivity index (χ0n) is 34.3. The molecule has 0 radical (unpaired) electrons. The SMILES string of the molecule is c1ccc(-c2sc3c(-c4ccc(-c5c6ccccc6c(-c6cc7c8ccccc8c8ccccc8c7c7ccccc67)c6ccccc56)cc4)cccc3c2-c2ccccc2)cc1. The minimum Gasteiger partial charge on any atom is -0.134 e. The van der Waals surface area contributed by atoms with Crippen molar-refractivity contribution in [2.45, 2.75) is 0 Å². The van der Waals surface area contributed by atoms with Crippen LogP contribution in [0.3, 0.4) is 0 Å². The van der Waals surface area contributed by atoms with Crippen molar-refractivity contribution in [3.05, 3.63) is 231 Å². The minimum absolute atomic E-state index is 1.21. The van der Waals surface area contributed by atoms with E-state index in [4.69, 9.17) is 0 Å². The van der Waals surface area contributed by atoms with E-state index in [0.717, 1.165) is 0 Å². The zero-order valence-corrected chi connectivity index (χ0v) is 35.2. The molecule has 0 spiro atoms. The van der Waals surface area contributed by atoms with Crippen LogP contribution in [-0.2, 0) is 0 Å². The lowest BCUT2D eigenvalue weighted by Crippen LogP contribution is -1.93. The van der Waals surface area contributed by atoms with Crippen LogP contribution >= 0.6 is 11.3 Å². The molecule has 0 amide bonds. The number of benzene rings is 12. The van der Waals surface area contributed by atoms with Crippen molar-refractivity contribution in [1.82, 2.24) is 0 Å². The van der Waals surface area contributed by atoms with Gasteiger partial charge in [-0.3, -0.25) is 0 Å². The summed E-state index contributed by atoms with van der Waals surface area (Å²) in [6.45, 7) is 0. The lowest BCUT2D eigenvalue weighted by molar-refractivity contribution is 1.64. The molecule has 0 bridgehead atoms. The summed E-state index contributed by atoms with van der Waals surface area (Å²) in [5.74, 6) is 0. The molecule has 1 heterocycles. The zero-order chi connectivity index (χ0) is 41.4. The first-order valence-corrected chi connectivity index (χ1v) is 22.6. The topological polar surface area (TPSA) is 0 Å².